The van der Waals surface area contributed by atoms with Gasteiger partial charge in [-0.1, -0.05) is 0 Å². The molecule has 31 heavy (non-hydrogen) atoms. The summed E-state index contributed by atoms with van der Waals surface area (Å²) in [6.45, 7) is 4.98. The number of nitrogens with zero attached hydrogens (tertiary/aromatic N) is 3. The van der Waals surface area contributed by atoms with Crippen molar-refractivity contribution in [3.05, 3.63) is 54.1 Å². The second-order valence-corrected chi connectivity index (χ2v) is 7.46. The average Bonchev–Trinajstić information content (AvgIpc) is 2.80. The lowest BCUT2D eigenvalue weighted by molar-refractivity contribution is -0.122. The summed E-state index contributed by atoms with van der Waals surface area (Å²) in [5, 5.41) is 14.5. The van der Waals surface area contributed by atoms with E-state index in [1.54, 1.807) is 43.1 Å². The van der Waals surface area contributed by atoms with E-state index in [2.05, 4.69) is 15.5 Å². The van der Waals surface area contributed by atoms with E-state index in [-0.39, 0.29) is 18.4 Å². The highest BCUT2D eigenvalue weighted by atomic mass is 16.5. The van der Waals surface area contributed by atoms with Crippen LogP contribution < -0.4 is 15.5 Å². The topological polar surface area (TPSA) is 97.7 Å². The SMILES string of the molecule is C[C@@H](C(=O)Nc1ccc(C#N)cc1)N(C)CC(=O)Nc1ccc(N2CCOCC2)cc1. The standard InChI is InChI=1S/C23H27N5O3/c1-17(23(30)26-20-5-3-18(15-24)4-6-20)27(2)16-22(29)25-19-7-9-21(10-8-19)28-11-13-31-14-12-28/h3-10,17H,11-14,16H2,1-2H3,(H,25,29)(H,26,30)/t17-/m0/s1. The Morgan fingerprint density at radius 3 is 2.26 bits per heavy atom. The molecule has 0 radical (unpaired) electrons. The summed E-state index contributed by atoms with van der Waals surface area (Å²) in [5.41, 5.74) is 2.95. The van der Waals surface area contributed by atoms with Crippen molar-refractivity contribution in [2.45, 2.75) is 13.0 Å². The fourth-order valence-electron chi connectivity index (χ4n) is 3.22. The number of nitrogens with one attached hydrogen (secondary N) is 2. The molecule has 1 fully saturated rings. The summed E-state index contributed by atoms with van der Waals surface area (Å²) >= 11 is 0. The van der Waals surface area contributed by atoms with Crippen LogP contribution in [0.15, 0.2) is 48.5 Å². The molecule has 2 aromatic carbocycles. The zero-order valence-electron chi connectivity index (χ0n) is 17.8. The van der Waals surface area contributed by atoms with E-state index in [9.17, 15) is 9.59 Å². The lowest BCUT2D eigenvalue weighted by Crippen LogP contribution is -2.43. The molecule has 0 bridgehead atoms. The molecule has 1 heterocycles. The minimum absolute atomic E-state index is 0.0766. The number of rotatable bonds is 7. The van der Waals surface area contributed by atoms with Crippen LogP contribution >= 0.6 is 0 Å². The minimum atomic E-state index is -0.509. The van der Waals surface area contributed by atoms with Crippen molar-refractivity contribution in [3.63, 3.8) is 0 Å². The van der Waals surface area contributed by atoms with Gasteiger partial charge >= 0.3 is 0 Å². The first-order chi connectivity index (χ1) is 15.0. The molecule has 1 aliphatic heterocycles. The van der Waals surface area contributed by atoms with Crippen LogP contribution in [0.3, 0.4) is 0 Å². The van der Waals surface area contributed by atoms with Gasteiger partial charge in [0.25, 0.3) is 0 Å². The predicted molar refractivity (Wildman–Crippen MR) is 120 cm³/mol. The van der Waals surface area contributed by atoms with Gasteiger partial charge in [0, 0.05) is 30.2 Å². The van der Waals surface area contributed by atoms with E-state index in [1.165, 1.54) is 0 Å². The monoisotopic (exact) mass is 421 g/mol. The fourth-order valence-corrected chi connectivity index (χ4v) is 3.22. The highest BCUT2D eigenvalue weighted by Gasteiger charge is 2.20. The van der Waals surface area contributed by atoms with E-state index >= 15 is 0 Å². The molecule has 8 nitrogen and oxygen atoms in total. The van der Waals surface area contributed by atoms with Crippen LogP contribution in [0.4, 0.5) is 17.1 Å². The predicted octanol–water partition coefficient (Wildman–Crippen LogP) is 2.29. The van der Waals surface area contributed by atoms with Crippen LogP contribution in [0, 0.1) is 11.3 Å². The Labute approximate surface area is 182 Å². The number of hydrogen-bond acceptors (Lipinski definition) is 6. The van der Waals surface area contributed by atoms with Gasteiger partial charge in [-0.3, -0.25) is 14.5 Å². The first-order valence-electron chi connectivity index (χ1n) is 10.2. The number of carbonyl (C=O) groups is 2. The number of likely N-dealkylation sites (N-methyl/N-ethyl adjacent to an activating group) is 1. The molecule has 0 unspecified atom stereocenters. The van der Waals surface area contributed by atoms with E-state index < -0.39 is 6.04 Å². The van der Waals surface area contributed by atoms with Crippen molar-refractivity contribution in [3.8, 4) is 6.07 Å². The molecular weight excluding hydrogens is 394 g/mol. The first-order valence-corrected chi connectivity index (χ1v) is 10.2. The van der Waals surface area contributed by atoms with E-state index in [4.69, 9.17) is 10.00 Å². The number of ether oxygens (including phenoxy) is 1. The van der Waals surface area contributed by atoms with Crippen molar-refractivity contribution in [2.24, 2.45) is 0 Å². The van der Waals surface area contributed by atoms with E-state index in [0.29, 0.717) is 16.9 Å². The average molecular weight is 422 g/mol. The molecule has 2 aromatic rings. The zero-order chi connectivity index (χ0) is 22.2. The third-order valence-electron chi connectivity index (χ3n) is 5.24. The lowest BCUT2D eigenvalue weighted by atomic mass is 10.2. The van der Waals surface area contributed by atoms with E-state index in [0.717, 1.165) is 32.0 Å². The van der Waals surface area contributed by atoms with Crippen LogP contribution in [-0.4, -0.2) is 62.7 Å². The first kappa shape index (κ1) is 22.3. The number of benzene rings is 2. The Kier molecular flexibility index (Phi) is 7.60. The number of carbonyl (C=O) groups excluding carboxylic acids is 2. The molecular formula is C23H27N5O3. The summed E-state index contributed by atoms with van der Waals surface area (Å²) in [4.78, 5) is 28.8. The van der Waals surface area contributed by atoms with Gasteiger partial charge in [0.2, 0.25) is 11.8 Å². The van der Waals surface area contributed by atoms with Gasteiger partial charge in [-0.25, -0.2) is 0 Å². The van der Waals surface area contributed by atoms with Gasteiger partial charge in [-0.2, -0.15) is 5.26 Å². The largest absolute Gasteiger partial charge is 0.378 e. The summed E-state index contributed by atoms with van der Waals surface area (Å²) < 4.78 is 5.37. The Balaban J connectivity index is 1.48. The number of hydrogen-bond donors (Lipinski definition) is 2. The molecule has 0 aliphatic carbocycles. The second-order valence-electron chi connectivity index (χ2n) is 7.46. The molecule has 2 amide bonds. The van der Waals surface area contributed by atoms with Crippen molar-refractivity contribution < 1.29 is 14.3 Å². The fraction of sp³-hybridized carbons (Fsp3) is 0.348. The highest BCUT2D eigenvalue weighted by molar-refractivity contribution is 5.96. The third kappa shape index (κ3) is 6.28. The summed E-state index contributed by atoms with van der Waals surface area (Å²) in [6, 6.07) is 15.9. The van der Waals surface area contributed by atoms with Gasteiger partial charge in [0.15, 0.2) is 0 Å². The molecule has 3 rings (SSSR count). The Hall–Kier alpha value is -3.41. The minimum Gasteiger partial charge on any atom is -0.378 e. The number of nitriles is 1. The molecule has 8 heteroatoms. The van der Waals surface area contributed by atoms with Crippen molar-refractivity contribution in [1.82, 2.24) is 4.90 Å². The quantitative estimate of drug-likeness (QED) is 0.712. The van der Waals surface area contributed by atoms with Gasteiger partial charge < -0.3 is 20.3 Å². The maximum absolute atomic E-state index is 12.5. The number of morpholine rings is 1. The molecule has 0 saturated carbocycles. The van der Waals surface area contributed by atoms with Crippen LogP contribution in [0.1, 0.15) is 12.5 Å². The molecule has 0 aromatic heterocycles. The van der Waals surface area contributed by atoms with Crippen molar-refractivity contribution in [1.29, 1.82) is 5.26 Å². The van der Waals surface area contributed by atoms with Crippen LogP contribution in [0.5, 0.6) is 0 Å². The highest BCUT2D eigenvalue weighted by Crippen LogP contribution is 2.19. The number of anilines is 3. The van der Waals surface area contributed by atoms with Gasteiger partial charge in [-0.15, -0.1) is 0 Å². The third-order valence-corrected chi connectivity index (χ3v) is 5.24. The molecule has 1 aliphatic rings. The van der Waals surface area contributed by atoms with Crippen LogP contribution in [0.2, 0.25) is 0 Å². The van der Waals surface area contributed by atoms with Crippen molar-refractivity contribution >= 4 is 28.9 Å². The van der Waals surface area contributed by atoms with E-state index in [1.807, 2.05) is 30.3 Å². The molecule has 162 valence electrons. The Morgan fingerprint density at radius 2 is 1.65 bits per heavy atom. The summed E-state index contributed by atoms with van der Waals surface area (Å²) in [7, 11) is 1.73. The molecule has 2 N–H and O–H groups in total. The summed E-state index contributed by atoms with van der Waals surface area (Å²) in [5.74, 6) is -0.422. The second kappa shape index (κ2) is 10.6. The maximum Gasteiger partial charge on any atom is 0.241 e. The van der Waals surface area contributed by atoms with Crippen LogP contribution in [0.25, 0.3) is 0 Å². The molecule has 0 spiro atoms. The summed E-state index contributed by atoms with van der Waals surface area (Å²) in [6.07, 6.45) is 0. The van der Waals surface area contributed by atoms with Gasteiger partial charge in [-0.05, 0) is 62.5 Å². The molecule has 1 atom stereocenters. The Bertz CT molecular complexity index is 931. The van der Waals surface area contributed by atoms with Gasteiger partial charge in [0.05, 0.1) is 37.4 Å². The van der Waals surface area contributed by atoms with Gasteiger partial charge in [0.1, 0.15) is 0 Å². The van der Waals surface area contributed by atoms with Crippen molar-refractivity contribution in [2.75, 3.05) is 55.4 Å². The zero-order valence-corrected chi connectivity index (χ0v) is 17.8. The lowest BCUT2D eigenvalue weighted by Gasteiger charge is -2.29. The molecule has 1 saturated heterocycles. The smallest absolute Gasteiger partial charge is 0.241 e. The number of amides is 2. The normalized spacial score (nSPS) is 14.6. The maximum atomic E-state index is 12.5. The Morgan fingerprint density at radius 1 is 1.06 bits per heavy atom. The van der Waals surface area contributed by atoms with Crippen LogP contribution in [-0.2, 0) is 14.3 Å².